The number of allylic oxidation sites excluding steroid dienone is 2. The molecule has 0 radical (unpaired) electrons. The Morgan fingerprint density at radius 2 is 2.15 bits per heavy atom. The van der Waals surface area contributed by atoms with Gasteiger partial charge in [-0.25, -0.2) is 0 Å². The maximum Gasteiger partial charge on any atom is -0.0190 e. The highest BCUT2D eigenvalue weighted by Gasteiger charge is 2.10. The van der Waals surface area contributed by atoms with Crippen molar-refractivity contribution < 1.29 is 0 Å². The molecule has 1 aliphatic carbocycles. The molecule has 2 rings (SSSR count). The van der Waals surface area contributed by atoms with Crippen LogP contribution < -0.4 is 0 Å². The maximum absolute atomic E-state index is 2.37. The van der Waals surface area contributed by atoms with Crippen molar-refractivity contribution in [2.45, 2.75) is 26.2 Å². The molecule has 1 aliphatic rings. The Labute approximate surface area is 80.3 Å². The van der Waals surface area contributed by atoms with Gasteiger partial charge in [0.05, 0.1) is 0 Å². The molecule has 1 atom stereocenters. The van der Waals surface area contributed by atoms with Crippen LogP contribution in [0, 0.1) is 12.8 Å². The minimum Gasteiger partial charge on any atom is -0.0882 e. The summed E-state index contributed by atoms with van der Waals surface area (Å²) in [5.74, 6) is 0.793. The first-order chi connectivity index (χ1) is 6.36. The molecular weight excluding hydrogens is 156 g/mol. The Bertz CT molecular complexity index is 310. The second-order valence-electron chi connectivity index (χ2n) is 3.90. The monoisotopic (exact) mass is 172 g/mol. The molecule has 1 aromatic rings. The SMILES string of the molecule is Cc1ccccc1C[C@H]1C=CCC1. The van der Waals surface area contributed by atoms with E-state index in [1.165, 1.54) is 30.4 Å². The Kier molecular flexibility index (Phi) is 2.49. The van der Waals surface area contributed by atoms with Gasteiger partial charge in [0.25, 0.3) is 0 Å². The Balaban J connectivity index is 2.09. The molecule has 0 aliphatic heterocycles. The molecule has 0 spiro atoms. The zero-order valence-corrected chi connectivity index (χ0v) is 8.16. The first-order valence-electron chi connectivity index (χ1n) is 5.07. The molecule has 0 fully saturated rings. The van der Waals surface area contributed by atoms with E-state index in [1.807, 2.05) is 0 Å². The van der Waals surface area contributed by atoms with Gasteiger partial charge in [0, 0.05) is 0 Å². The number of hydrogen-bond acceptors (Lipinski definition) is 0. The van der Waals surface area contributed by atoms with Gasteiger partial charge >= 0.3 is 0 Å². The van der Waals surface area contributed by atoms with Gasteiger partial charge in [-0.05, 0) is 43.2 Å². The molecular formula is C13H16. The van der Waals surface area contributed by atoms with E-state index >= 15 is 0 Å². The van der Waals surface area contributed by atoms with Crippen LogP contribution in [0.1, 0.15) is 24.0 Å². The van der Waals surface area contributed by atoms with Crippen molar-refractivity contribution in [2.24, 2.45) is 5.92 Å². The molecule has 0 aromatic heterocycles. The normalized spacial score (nSPS) is 20.8. The molecule has 0 N–H and O–H groups in total. The summed E-state index contributed by atoms with van der Waals surface area (Å²) in [6.07, 6.45) is 8.52. The van der Waals surface area contributed by atoms with Crippen molar-refractivity contribution in [1.29, 1.82) is 0 Å². The van der Waals surface area contributed by atoms with Crippen molar-refractivity contribution in [2.75, 3.05) is 0 Å². The van der Waals surface area contributed by atoms with Gasteiger partial charge in [-0.15, -0.1) is 0 Å². The lowest BCUT2D eigenvalue weighted by atomic mass is 9.96. The van der Waals surface area contributed by atoms with Gasteiger partial charge in [0.15, 0.2) is 0 Å². The smallest absolute Gasteiger partial charge is 0.0190 e. The minimum absolute atomic E-state index is 0.793. The predicted molar refractivity (Wildman–Crippen MR) is 56.7 cm³/mol. The fourth-order valence-corrected chi connectivity index (χ4v) is 1.99. The third-order valence-corrected chi connectivity index (χ3v) is 2.86. The summed E-state index contributed by atoms with van der Waals surface area (Å²) < 4.78 is 0. The first-order valence-corrected chi connectivity index (χ1v) is 5.07. The van der Waals surface area contributed by atoms with Gasteiger partial charge < -0.3 is 0 Å². The number of benzene rings is 1. The average molecular weight is 172 g/mol. The second kappa shape index (κ2) is 3.78. The third-order valence-electron chi connectivity index (χ3n) is 2.86. The van der Waals surface area contributed by atoms with Crippen molar-refractivity contribution in [3.63, 3.8) is 0 Å². The van der Waals surface area contributed by atoms with E-state index in [1.54, 1.807) is 0 Å². The van der Waals surface area contributed by atoms with Crippen LogP contribution in [0.25, 0.3) is 0 Å². The van der Waals surface area contributed by atoms with Crippen LogP contribution in [-0.2, 0) is 6.42 Å². The Morgan fingerprint density at radius 1 is 1.31 bits per heavy atom. The highest BCUT2D eigenvalue weighted by molar-refractivity contribution is 5.26. The summed E-state index contributed by atoms with van der Waals surface area (Å²) in [6, 6.07) is 8.71. The van der Waals surface area contributed by atoms with E-state index in [4.69, 9.17) is 0 Å². The lowest BCUT2D eigenvalue weighted by Gasteiger charge is -2.09. The van der Waals surface area contributed by atoms with Crippen LogP contribution in [-0.4, -0.2) is 0 Å². The Hall–Kier alpha value is -1.04. The van der Waals surface area contributed by atoms with Crippen LogP contribution >= 0.6 is 0 Å². The van der Waals surface area contributed by atoms with Crippen LogP contribution in [0.4, 0.5) is 0 Å². The maximum atomic E-state index is 2.37. The van der Waals surface area contributed by atoms with Crippen LogP contribution in [0.3, 0.4) is 0 Å². The summed E-state index contributed by atoms with van der Waals surface area (Å²) in [5, 5.41) is 0. The van der Waals surface area contributed by atoms with Crippen LogP contribution in [0.2, 0.25) is 0 Å². The summed E-state index contributed by atoms with van der Waals surface area (Å²) >= 11 is 0. The van der Waals surface area contributed by atoms with Crippen LogP contribution in [0.5, 0.6) is 0 Å². The molecule has 1 aromatic carbocycles. The summed E-state index contributed by atoms with van der Waals surface area (Å²) in [6.45, 7) is 2.20. The molecule has 0 saturated heterocycles. The van der Waals surface area contributed by atoms with Gasteiger partial charge in [-0.3, -0.25) is 0 Å². The van der Waals surface area contributed by atoms with E-state index in [2.05, 4.69) is 43.3 Å². The van der Waals surface area contributed by atoms with E-state index in [0.717, 1.165) is 5.92 Å². The van der Waals surface area contributed by atoms with Gasteiger partial charge in [0.2, 0.25) is 0 Å². The lowest BCUT2D eigenvalue weighted by molar-refractivity contribution is 0.628. The van der Waals surface area contributed by atoms with Crippen molar-refractivity contribution in [3.8, 4) is 0 Å². The molecule has 0 heteroatoms. The molecule has 0 bridgehead atoms. The third kappa shape index (κ3) is 2.00. The summed E-state index contributed by atoms with van der Waals surface area (Å²) in [4.78, 5) is 0. The molecule has 0 amide bonds. The first kappa shape index (κ1) is 8.55. The molecule has 0 nitrogen and oxygen atoms in total. The van der Waals surface area contributed by atoms with Crippen molar-refractivity contribution in [3.05, 3.63) is 47.5 Å². The fourth-order valence-electron chi connectivity index (χ4n) is 1.99. The standard InChI is InChI=1S/C13H16/c1-11-6-2-5-9-13(11)10-12-7-3-4-8-12/h2-3,5-7,9,12H,4,8,10H2,1H3/t12-/m0/s1. The number of aryl methyl sites for hydroxylation is 1. The number of rotatable bonds is 2. The lowest BCUT2D eigenvalue weighted by Crippen LogP contribution is -1.99. The topological polar surface area (TPSA) is 0 Å². The van der Waals surface area contributed by atoms with Crippen molar-refractivity contribution in [1.82, 2.24) is 0 Å². The van der Waals surface area contributed by atoms with E-state index in [9.17, 15) is 0 Å². The van der Waals surface area contributed by atoms with Gasteiger partial charge in [-0.2, -0.15) is 0 Å². The highest BCUT2D eigenvalue weighted by Crippen LogP contribution is 2.22. The second-order valence-corrected chi connectivity index (χ2v) is 3.90. The zero-order chi connectivity index (χ0) is 9.10. The molecule has 13 heavy (non-hydrogen) atoms. The largest absolute Gasteiger partial charge is 0.0882 e. The molecule has 0 saturated carbocycles. The van der Waals surface area contributed by atoms with Crippen molar-refractivity contribution >= 4 is 0 Å². The Morgan fingerprint density at radius 3 is 2.85 bits per heavy atom. The highest BCUT2D eigenvalue weighted by atomic mass is 14.2. The molecule has 68 valence electrons. The van der Waals surface area contributed by atoms with Gasteiger partial charge in [-0.1, -0.05) is 36.4 Å². The fraction of sp³-hybridized carbons (Fsp3) is 0.385. The van der Waals surface area contributed by atoms with E-state index < -0.39 is 0 Å². The number of hydrogen-bond donors (Lipinski definition) is 0. The summed E-state index contributed by atoms with van der Waals surface area (Å²) in [5.41, 5.74) is 2.95. The quantitative estimate of drug-likeness (QED) is 0.599. The van der Waals surface area contributed by atoms with E-state index in [-0.39, 0.29) is 0 Å². The molecule has 0 unspecified atom stereocenters. The van der Waals surface area contributed by atoms with Gasteiger partial charge in [0.1, 0.15) is 0 Å². The predicted octanol–water partition coefficient (Wildman–Crippen LogP) is 3.50. The average Bonchev–Trinajstić information content (AvgIpc) is 2.61. The van der Waals surface area contributed by atoms with E-state index in [0.29, 0.717) is 0 Å². The van der Waals surface area contributed by atoms with Crippen LogP contribution in [0.15, 0.2) is 36.4 Å². The summed E-state index contributed by atoms with van der Waals surface area (Å²) in [7, 11) is 0. The minimum atomic E-state index is 0.793. The zero-order valence-electron chi connectivity index (χ0n) is 8.16. The molecule has 0 heterocycles.